The Morgan fingerprint density at radius 3 is 2.60 bits per heavy atom. The van der Waals surface area contributed by atoms with Crippen LogP contribution in [0.15, 0.2) is 41.4 Å². The fraction of sp³-hybridized carbons (Fsp3) is 0.407. The van der Waals surface area contributed by atoms with E-state index in [2.05, 4.69) is 33.9 Å². The van der Waals surface area contributed by atoms with Gasteiger partial charge in [0.2, 0.25) is 17.7 Å². The van der Waals surface area contributed by atoms with Crippen LogP contribution >= 0.6 is 11.3 Å². The Morgan fingerprint density at radius 2 is 1.91 bits per heavy atom. The van der Waals surface area contributed by atoms with Gasteiger partial charge in [-0.15, -0.1) is 11.3 Å². The molecule has 0 radical (unpaired) electrons. The van der Waals surface area contributed by atoms with Crippen molar-refractivity contribution in [2.24, 2.45) is 5.41 Å². The van der Waals surface area contributed by atoms with E-state index in [9.17, 15) is 14.4 Å². The zero-order valence-electron chi connectivity index (χ0n) is 20.0. The molecule has 2 aromatic rings. The highest BCUT2D eigenvalue weighted by Gasteiger charge is 2.45. The second-order valence-electron chi connectivity index (χ2n) is 9.67. The first-order chi connectivity index (χ1) is 16.9. The van der Waals surface area contributed by atoms with Crippen molar-refractivity contribution in [3.63, 3.8) is 0 Å². The van der Waals surface area contributed by atoms with E-state index in [0.29, 0.717) is 38.2 Å². The number of nitrogens with one attached hydrogen (secondary N) is 1. The number of hydrogen-bond donors (Lipinski definition) is 1. The summed E-state index contributed by atoms with van der Waals surface area (Å²) in [4.78, 5) is 46.7. The van der Waals surface area contributed by atoms with Crippen LogP contribution in [0, 0.1) is 5.41 Å². The van der Waals surface area contributed by atoms with Crippen LogP contribution in [0.1, 0.15) is 48.6 Å². The van der Waals surface area contributed by atoms with E-state index in [0.717, 1.165) is 37.1 Å². The number of aromatic nitrogens is 1. The van der Waals surface area contributed by atoms with Crippen molar-refractivity contribution in [1.29, 1.82) is 0 Å². The molecule has 8 heteroatoms. The molecule has 1 N–H and O–H groups in total. The summed E-state index contributed by atoms with van der Waals surface area (Å²) in [6, 6.07) is 6.19. The minimum atomic E-state index is -0.499. The zero-order valence-corrected chi connectivity index (χ0v) is 20.8. The molecule has 0 bridgehead atoms. The molecule has 0 unspecified atom stereocenters. The van der Waals surface area contributed by atoms with Gasteiger partial charge in [0.25, 0.3) is 0 Å². The maximum atomic E-state index is 12.9. The van der Waals surface area contributed by atoms with Crippen molar-refractivity contribution >= 4 is 47.0 Å². The third kappa shape index (κ3) is 5.07. The van der Waals surface area contributed by atoms with Crippen molar-refractivity contribution in [2.75, 3.05) is 31.5 Å². The molecule has 5 heterocycles. The van der Waals surface area contributed by atoms with Gasteiger partial charge >= 0.3 is 0 Å². The van der Waals surface area contributed by atoms with Crippen LogP contribution in [-0.4, -0.2) is 58.7 Å². The third-order valence-corrected chi connectivity index (χ3v) is 8.24. The third-order valence-electron chi connectivity index (χ3n) is 7.42. The highest BCUT2D eigenvalue weighted by molar-refractivity contribution is 7.10. The van der Waals surface area contributed by atoms with E-state index in [1.54, 1.807) is 35.4 Å². The molecule has 2 aromatic heterocycles. The van der Waals surface area contributed by atoms with Gasteiger partial charge in [-0.2, -0.15) is 0 Å². The lowest BCUT2D eigenvalue weighted by molar-refractivity contribution is -0.136. The van der Waals surface area contributed by atoms with Crippen LogP contribution in [0.2, 0.25) is 0 Å². The highest BCUT2D eigenvalue weighted by atomic mass is 32.1. The van der Waals surface area contributed by atoms with Gasteiger partial charge in [-0.25, -0.2) is 4.98 Å². The Hall–Kier alpha value is -3.26. The van der Waals surface area contributed by atoms with Crippen LogP contribution in [-0.2, 0) is 20.8 Å². The molecule has 3 aliphatic heterocycles. The second-order valence-corrected chi connectivity index (χ2v) is 10.6. The van der Waals surface area contributed by atoms with Crippen molar-refractivity contribution in [2.45, 2.75) is 39.0 Å². The first-order valence-corrected chi connectivity index (χ1v) is 13.1. The molecule has 182 valence electrons. The minimum Gasteiger partial charge on any atom is -0.343 e. The van der Waals surface area contributed by atoms with Gasteiger partial charge in [0.1, 0.15) is 5.82 Å². The van der Waals surface area contributed by atoms with Gasteiger partial charge in [0.05, 0.1) is 5.41 Å². The molecule has 2 fully saturated rings. The summed E-state index contributed by atoms with van der Waals surface area (Å²) in [5, 5.41) is 5.05. The molecule has 3 amide bonds. The van der Waals surface area contributed by atoms with Gasteiger partial charge in [-0.1, -0.05) is 11.6 Å². The van der Waals surface area contributed by atoms with Gasteiger partial charge in [-0.05, 0) is 72.9 Å². The molecular formula is C27H30N4O3S. The smallest absolute Gasteiger partial charge is 0.246 e. The number of amides is 3. The van der Waals surface area contributed by atoms with Crippen LogP contribution < -0.4 is 5.32 Å². The number of piperidine rings is 2. The Labute approximate surface area is 209 Å². The number of rotatable bonds is 3. The fourth-order valence-electron chi connectivity index (χ4n) is 5.21. The van der Waals surface area contributed by atoms with Crippen LogP contribution in [0.3, 0.4) is 0 Å². The Morgan fingerprint density at radius 1 is 1.14 bits per heavy atom. The maximum absolute atomic E-state index is 12.9. The number of pyridine rings is 1. The summed E-state index contributed by atoms with van der Waals surface area (Å²) < 4.78 is 0. The zero-order chi connectivity index (χ0) is 24.4. The van der Waals surface area contributed by atoms with Gasteiger partial charge in [-0.3, -0.25) is 14.4 Å². The fourth-order valence-corrected chi connectivity index (χ4v) is 5.92. The van der Waals surface area contributed by atoms with E-state index in [1.165, 1.54) is 10.5 Å². The summed E-state index contributed by atoms with van der Waals surface area (Å²) >= 11 is 1.73. The molecule has 35 heavy (non-hydrogen) atoms. The first-order valence-electron chi connectivity index (χ1n) is 12.2. The van der Waals surface area contributed by atoms with Crippen LogP contribution in [0.25, 0.3) is 12.2 Å². The molecule has 3 aliphatic rings. The number of fused-ring (bicyclic) bond motifs is 1. The molecule has 0 aromatic carbocycles. The van der Waals surface area contributed by atoms with Crippen molar-refractivity contribution < 1.29 is 14.4 Å². The number of carbonyl (C=O) groups is 3. The van der Waals surface area contributed by atoms with Crippen LogP contribution in [0.5, 0.6) is 0 Å². The Balaban J connectivity index is 1.21. The average molecular weight is 491 g/mol. The summed E-state index contributed by atoms with van der Waals surface area (Å²) in [6.07, 6.45) is 11.1. The van der Waals surface area contributed by atoms with Crippen LogP contribution in [0.4, 0.5) is 5.82 Å². The largest absolute Gasteiger partial charge is 0.343 e. The predicted octanol–water partition coefficient (Wildman–Crippen LogP) is 3.99. The Bertz CT molecular complexity index is 1180. The summed E-state index contributed by atoms with van der Waals surface area (Å²) in [7, 11) is 0. The molecular weight excluding hydrogens is 460 g/mol. The van der Waals surface area contributed by atoms with Crippen molar-refractivity contribution in [3.05, 3.63) is 57.4 Å². The normalized spacial score (nSPS) is 19.6. The van der Waals surface area contributed by atoms with Gasteiger partial charge in [0, 0.05) is 50.3 Å². The monoisotopic (exact) mass is 490 g/mol. The quantitative estimate of drug-likeness (QED) is 0.660. The number of thiophene rings is 1. The Kier molecular flexibility index (Phi) is 6.56. The van der Waals surface area contributed by atoms with Gasteiger partial charge in [0.15, 0.2) is 0 Å². The summed E-state index contributed by atoms with van der Waals surface area (Å²) in [6.45, 7) is 4.23. The average Bonchev–Trinajstić information content (AvgIpc) is 3.37. The molecule has 0 aliphatic carbocycles. The van der Waals surface area contributed by atoms with E-state index in [-0.39, 0.29) is 17.7 Å². The standard InChI is InChI=1S/C27H30N4O3S/c1-19(32)30-12-8-27(9-13-30)17-22-15-21(18-28-25(22)29-26(27)34)4-5-24(33)31-10-6-20(7-11-31)16-23-3-2-14-35-23/h2-5,14-16,18H,6-13,17H2,1H3,(H,28,29,34)/b5-4+. The van der Waals surface area contributed by atoms with Gasteiger partial charge < -0.3 is 15.1 Å². The molecule has 0 atom stereocenters. The maximum Gasteiger partial charge on any atom is 0.246 e. The minimum absolute atomic E-state index is 0.00299. The lowest BCUT2D eigenvalue weighted by Crippen LogP contribution is -2.50. The molecule has 2 saturated heterocycles. The van der Waals surface area contributed by atoms with E-state index in [4.69, 9.17) is 0 Å². The van der Waals surface area contributed by atoms with Crippen molar-refractivity contribution in [1.82, 2.24) is 14.8 Å². The number of nitrogens with zero attached hydrogens (tertiary/aromatic N) is 3. The molecule has 5 rings (SSSR count). The van der Waals surface area contributed by atoms with Crippen molar-refractivity contribution in [3.8, 4) is 0 Å². The highest BCUT2D eigenvalue weighted by Crippen LogP contribution is 2.41. The molecule has 0 saturated carbocycles. The predicted molar refractivity (Wildman–Crippen MR) is 138 cm³/mol. The molecule has 7 nitrogen and oxygen atoms in total. The molecule has 1 spiro atoms. The van der Waals surface area contributed by atoms with E-state index < -0.39 is 5.41 Å². The number of likely N-dealkylation sites (tertiary alicyclic amines) is 2. The van der Waals surface area contributed by atoms with E-state index in [1.807, 2.05) is 17.0 Å². The first kappa shape index (κ1) is 23.5. The second kappa shape index (κ2) is 9.77. The number of anilines is 1. The van der Waals surface area contributed by atoms with E-state index >= 15 is 0 Å². The lowest BCUT2D eigenvalue weighted by atomic mass is 9.71. The number of hydrogen-bond acceptors (Lipinski definition) is 5. The topological polar surface area (TPSA) is 82.6 Å². The number of carbonyl (C=O) groups excluding carboxylic acids is 3. The lowest BCUT2D eigenvalue weighted by Gasteiger charge is -2.42. The summed E-state index contributed by atoms with van der Waals surface area (Å²) in [5.41, 5.74) is 2.72. The summed E-state index contributed by atoms with van der Waals surface area (Å²) in [5.74, 6) is 0.661. The SMILES string of the molecule is CC(=O)N1CCC2(CC1)Cc1cc(/C=C/C(=O)N3CCC(=Cc4cccs4)CC3)cnc1NC2=O.